The van der Waals surface area contributed by atoms with E-state index < -0.39 is 0 Å². The lowest BCUT2D eigenvalue weighted by Gasteiger charge is -2.07. The van der Waals surface area contributed by atoms with Gasteiger partial charge in [0.1, 0.15) is 16.9 Å². The number of nitrogens with zero attached hydrogens (tertiary/aromatic N) is 2. The van der Waals surface area contributed by atoms with Crippen molar-refractivity contribution in [3.05, 3.63) is 22.8 Å². The molecule has 1 aromatic heterocycles. The van der Waals surface area contributed by atoms with Gasteiger partial charge in [-0.05, 0) is 12.5 Å². The number of pyridine rings is 1. The molecule has 0 saturated carbocycles. The summed E-state index contributed by atoms with van der Waals surface area (Å²) in [6, 6.07) is 3.67. The fraction of sp³-hybridized carbons (Fsp3) is 0.571. The molecule has 18 heavy (non-hydrogen) atoms. The summed E-state index contributed by atoms with van der Waals surface area (Å²) in [6.07, 6.45) is 9.15. The van der Waals surface area contributed by atoms with Crippen LogP contribution in [-0.2, 0) is 0 Å². The van der Waals surface area contributed by atoms with Gasteiger partial charge in [0.25, 0.3) is 0 Å². The van der Waals surface area contributed by atoms with E-state index in [1.165, 1.54) is 32.1 Å². The maximum atomic E-state index is 8.84. The molecular formula is C14H20ClN3. The third-order valence-corrected chi connectivity index (χ3v) is 3.22. The topological polar surface area (TPSA) is 48.7 Å². The molecule has 0 amide bonds. The Morgan fingerprint density at radius 2 is 2.00 bits per heavy atom. The smallest absolute Gasteiger partial charge is 0.146 e. The van der Waals surface area contributed by atoms with E-state index in [1.807, 2.05) is 6.07 Å². The van der Waals surface area contributed by atoms with Gasteiger partial charge >= 0.3 is 0 Å². The SMILES string of the molecule is CCCCCCCCNc1nccc(C#N)c1Cl. The highest BCUT2D eigenvalue weighted by molar-refractivity contribution is 6.34. The van der Waals surface area contributed by atoms with Crippen LogP contribution in [0.1, 0.15) is 51.0 Å². The lowest BCUT2D eigenvalue weighted by Crippen LogP contribution is -2.04. The van der Waals surface area contributed by atoms with Crippen LogP contribution in [0.5, 0.6) is 0 Å². The summed E-state index contributed by atoms with van der Waals surface area (Å²) in [5.41, 5.74) is 0.470. The molecule has 98 valence electrons. The van der Waals surface area contributed by atoms with E-state index in [0.717, 1.165) is 13.0 Å². The number of nitriles is 1. The molecule has 0 aliphatic carbocycles. The van der Waals surface area contributed by atoms with Crippen LogP contribution < -0.4 is 5.32 Å². The molecule has 0 radical (unpaired) electrons. The highest BCUT2D eigenvalue weighted by Crippen LogP contribution is 2.22. The average Bonchev–Trinajstić information content (AvgIpc) is 2.39. The molecular weight excluding hydrogens is 246 g/mol. The standard InChI is InChI=1S/C14H20ClN3/c1-2-3-4-5-6-7-9-17-14-13(15)12(11-16)8-10-18-14/h8,10H,2-7,9H2,1H3,(H,17,18). The molecule has 0 aromatic carbocycles. The predicted octanol–water partition coefficient (Wildman–Crippen LogP) is 4.38. The molecule has 1 heterocycles. The molecule has 0 aliphatic heterocycles. The molecule has 0 spiro atoms. The summed E-state index contributed by atoms with van der Waals surface area (Å²) in [4.78, 5) is 4.14. The first-order valence-electron chi connectivity index (χ1n) is 6.58. The highest BCUT2D eigenvalue weighted by Gasteiger charge is 2.05. The van der Waals surface area contributed by atoms with Gasteiger partial charge in [-0.25, -0.2) is 4.98 Å². The molecule has 1 N–H and O–H groups in total. The Bertz CT molecular complexity index is 399. The van der Waals surface area contributed by atoms with Crippen molar-refractivity contribution in [2.75, 3.05) is 11.9 Å². The van der Waals surface area contributed by atoms with Crippen LogP contribution in [0.3, 0.4) is 0 Å². The van der Waals surface area contributed by atoms with Crippen molar-refractivity contribution in [3.63, 3.8) is 0 Å². The second-order valence-corrected chi connectivity index (χ2v) is 4.71. The fourth-order valence-electron chi connectivity index (χ4n) is 1.77. The first kappa shape index (κ1) is 14.8. The van der Waals surface area contributed by atoms with Crippen molar-refractivity contribution >= 4 is 17.4 Å². The Balaban J connectivity index is 2.26. The quantitative estimate of drug-likeness (QED) is 0.710. The zero-order valence-electron chi connectivity index (χ0n) is 10.9. The summed E-state index contributed by atoms with van der Waals surface area (Å²) in [7, 11) is 0. The number of aromatic nitrogens is 1. The van der Waals surface area contributed by atoms with Crippen molar-refractivity contribution < 1.29 is 0 Å². The zero-order valence-corrected chi connectivity index (χ0v) is 11.6. The van der Waals surface area contributed by atoms with E-state index in [2.05, 4.69) is 17.2 Å². The van der Waals surface area contributed by atoms with Crippen LogP contribution in [0.2, 0.25) is 5.02 Å². The minimum Gasteiger partial charge on any atom is -0.369 e. The molecule has 0 fully saturated rings. The minimum absolute atomic E-state index is 0.422. The van der Waals surface area contributed by atoms with Gasteiger partial charge in [0.15, 0.2) is 0 Å². The van der Waals surface area contributed by atoms with Crippen LogP contribution in [0, 0.1) is 11.3 Å². The number of rotatable bonds is 8. The number of hydrogen-bond donors (Lipinski definition) is 1. The number of anilines is 1. The Kier molecular flexibility index (Phi) is 7.20. The van der Waals surface area contributed by atoms with Crippen molar-refractivity contribution in [2.45, 2.75) is 45.4 Å². The van der Waals surface area contributed by atoms with Gasteiger partial charge < -0.3 is 5.32 Å². The van der Waals surface area contributed by atoms with Gasteiger partial charge in [0, 0.05) is 12.7 Å². The predicted molar refractivity (Wildman–Crippen MR) is 75.8 cm³/mol. The highest BCUT2D eigenvalue weighted by atomic mass is 35.5. The van der Waals surface area contributed by atoms with Gasteiger partial charge in [-0.3, -0.25) is 0 Å². The van der Waals surface area contributed by atoms with Crippen LogP contribution in [0.4, 0.5) is 5.82 Å². The number of halogens is 1. The second kappa shape index (κ2) is 8.77. The van der Waals surface area contributed by atoms with Gasteiger partial charge in [-0.15, -0.1) is 0 Å². The molecule has 0 saturated heterocycles. The molecule has 0 atom stereocenters. The molecule has 0 unspecified atom stereocenters. The van der Waals surface area contributed by atoms with E-state index in [-0.39, 0.29) is 0 Å². The monoisotopic (exact) mass is 265 g/mol. The largest absolute Gasteiger partial charge is 0.369 e. The summed E-state index contributed by atoms with van der Waals surface area (Å²) in [5, 5.41) is 12.5. The van der Waals surface area contributed by atoms with E-state index in [0.29, 0.717) is 16.4 Å². The molecule has 0 aliphatic rings. The van der Waals surface area contributed by atoms with Gasteiger partial charge in [0.05, 0.1) is 5.56 Å². The summed E-state index contributed by atoms with van der Waals surface area (Å²) in [6.45, 7) is 3.07. The number of hydrogen-bond acceptors (Lipinski definition) is 3. The van der Waals surface area contributed by atoms with Gasteiger partial charge in [-0.1, -0.05) is 50.6 Å². The third-order valence-electron chi connectivity index (χ3n) is 2.83. The summed E-state index contributed by atoms with van der Waals surface area (Å²) >= 11 is 6.04. The maximum Gasteiger partial charge on any atom is 0.146 e. The second-order valence-electron chi connectivity index (χ2n) is 4.33. The van der Waals surface area contributed by atoms with Crippen LogP contribution >= 0.6 is 11.6 Å². The number of nitrogens with one attached hydrogen (secondary N) is 1. The zero-order chi connectivity index (χ0) is 13.2. The van der Waals surface area contributed by atoms with Crippen molar-refractivity contribution in [1.82, 2.24) is 4.98 Å². The van der Waals surface area contributed by atoms with Gasteiger partial charge in [-0.2, -0.15) is 5.26 Å². The van der Waals surface area contributed by atoms with Crippen LogP contribution in [0.15, 0.2) is 12.3 Å². The molecule has 4 heteroatoms. The normalized spacial score (nSPS) is 10.1. The molecule has 1 rings (SSSR count). The molecule has 1 aromatic rings. The van der Waals surface area contributed by atoms with Crippen LogP contribution in [-0.4, -0.2) is 11.5 Å². The summed E-state index contributed by atoms with van der Waals surface area (Å²) in [5.74, 6) is 0.615. The van der Waals surface area contributed by atoms with Crippen LogP contribution in [0.25, 0.3) is 0 Å². The average molecular weight is 266 g/mol. The van der Waals surface area contributed by atoms with E-state index in [1.54, 1.807) is 12.3 Å². The maximum absolute atomic E-state index is 8.84. The number of unbranched alkanes of at least 4 members (excludes halogenated alkanes) is 5. The van der Waals surface area contributed by atoms with E-state index >= 15 is 0 Å². The van der Waals surface area contributed by atoms with Gasteiger partial charge in [0.2, 0.25) is 0 Å². The Hall–Kier alpha value is -1.27. The lowest BCUT2D eigenvalue weighted by atomic mass is 10.1. The van der Waals surface area contributed by atoms with E-state index in [9.17, 15) is 0 Å². The first-order valence-corrected chi connectivity index (χ1v) is 6.96. The Morgan fingerprint density at radius 1 is 1.28 bits per heavy atom. The molecule has 0 bridgehead atoms. The Labute approximate surface area is 114 Å². The summed E-state index contributed by atoms with van der Waals surface area (Å²) < 4.78 is 0. The lowest BCUT2D eigenvalue weighted by molar-refractivity contribution is 0.617. The first-order chi connectivity index (χ1) is 8.79. The fourth-order valence-corrected chi connectivity index (χ4v) is 1.99. The van der Waals surface area contributed by atoms with Crippen molar-refractivity contribution in [2.24, 2.45) is 0 Å². The van der Waals surface area contributed by atoms with E-state index in [4.69, 9.17) is 16.9 Å². The third kappa shape index (κ3) is 4.93. The minimum atomic E-state index is 0.422. The molecule has 3 nitrogen and oxygen atoms in total. The van der Waals surface area contributed by atoms with Crippen molar-refractivity contribution in [1.29, 1.82) is 5.26 Å². The van der Waals surface area contributed by atoms with Crippen molar-refractivity contribution in [3.8, 4) is 6.07 Å². The Morgan fingerprint density at radius 3 is 2.72 bits per heavy atom.